The molecule has 0 fully saturated rings. The number of fused-ring (bicyclic) bond motifs is 1. The molecule has 0 saturated heterocycles. The van der Waals surface area contributed by atoms with Gasteiger partial charge in [0.1, 0.15) is 17.8 Å². The zero-order valence-electron chi connectivity index (χ0n) is 32.5. The number of rotatable bonds is 14. The van der Waals surface area contributed by atoms with Crippen LogP contribution in [0.25, 0.3) is 10.9 Å². The standard InChI is InChI=1S/C24H19ClN2O2S.C23H21ClN2O3S/c25-21-13-19(12-17(9-11-28)24(21)29)27-15-18-4-1-2-6-23(18)30-20-8-7-16-5-3-10-26-22(16)14-20;1-14(27)20-11-18(12-21(24)23(20)29)25-13-16-5-3-4-6-22(16)30-19-9-7-17(8-10-19)26-15(2)28/h1-8,10-14,27,29H,9,15H2;3-12,25,29H,13H2,1-2H3,(H,26,28). The molecular formula is C47H40Cl2N4O5S2. The second-order valence-electron chi connectivity index (χ2n) is 13.4. The highest BCUT2D eigenvalue weighted by atomic mass is 35.5. The number of ketones is 1. The van der Waals surface area contributed by atoms with Crippen LogP contribution in [0.2, 0.25) is 10.0 Å². The van der Waals surface area contributed by atoms with Crippen molar-refractivity contribution in [1.29, 1.82) is 0 Å². The summed E-state index contributed by atoms with van der Waals surface area (Å²) in [6, 6.07) is 40.7. The van der Waals surface area contributed by atoms with Crippen LogP contribution in [-0.2, 0) is 29.1 Å². The van der Waals surface area contributed by atoms with E-state index in [2.05, 4.69) is 57.3 Å². The highest BCUT2D eigenvalue weighted by molar-refractivity contribution is 7.99. The molecule has 7 rings (SSSR count). The fourth-order valence-electron chi connectivity index (χ4n) is 6.04. The molecule has 1 amide bonds. The Morgan fingerprint density at radius 2 is 1.23 bits per heavy atom. The number of aromatic hydroxyl groups is 2. The summed E-state index contributed by atoms with van der Waals surface area (Å²) in [5, 5.41) is 30.8. The third-order valence-electron chi connectivity index (χ3n) is 9.01. The van der Waals surface area contributed by atoms with Crippen LogP contribution in [0.3, 0.4) is 0 Å². The van der Waals surface area contributed by atoms with Gasteiger partial charge in [-0.1, -0.05) is 95.3 Å². The van der Waals surface area contributed by atoms with Crippen molar-refractivity contribution in [3.8, 4) is 11.5 Å². The molecule has 0 atom stereocenters. The lowest BCUT2D eigenvalue weighted by molar-refractivity contribution is -0.114. The minimum atomic E-state index is -0.253. The van der Waals surface area contributed by atoms with Crippen LogP contribution in [0.4, 0.5) is 17.1 Å². The Morgan fingerprint density at radius 3 is 1.85 bits per heavy atom. The number of hydrogen-bond acceptors (Lipinski definition) is 10. The Bertz CT molecular complexity index is 2660. The van der Waals surface area contributed by atoms with Crippen LogP contribution >= 0.6 is 46.7 Å². The van der Waals surface area contributed by atoms with Gasteiger partial charge < -0.3 is 31.0 Å². The normalized spacial score (nSPS) is 10.7. The number of halogens is 2. The smallest absolute Gasteiger partial charge is 0.221 e. The van der Waals surface area contributed by atoms with Crippen LogP contribution < -0.4 is 16.0 Å². The maximum atomic E-state index is 11.7. The van der Waals surface area contributed by atoms with Crippen LogP contribution in [0.1, 0.15) is 40.9 Å². The number of benzene rings is 6. The van der Waals surface area contributed by atoms with Gasteiger partial charge in [-0.05, 0) is 96.9 Å². The molecule has 7 aromatic rings. The molecule has 9 nitrogen and oxygen atoms in total. The molecule has 1 aromatic heterocycles. The molecule has 304 valence electrons. The van der Waals surface area contributed by atoms with Gasteiger partial charge in [0.25, 0.3) is 0 Å². The molecule has 0 aliphatic carbocycles. The number of carbonyl (C=O) groups is 3. The highest BCUT2D eigenvalue weighted by Gasteiger charge is 2.14. The first kappa shape index (κ1) is 43.6. The van der Waals surface area contributed by atoms with E-state index >= 15 is 0 Å². The quantitative estimate of drug-likeness (QED) is 0.0407. The Balaban J connectivity index is 0.000000201. The molecule has 0 radical (unpaired) electrons. The van der Waals surface area contributed by atoms with Gasteiger partial charge in [-0.15, -0.1) is 0 Å². The van der Waals surface area contributed by atoms with E-state index in [9.17, 15) is 24.6 Å². The third kappa shape index (κ3) is 11.8. The predicted molar refractivity (Wildman–Crippen MR) is 244 cm³/mol. The van der Waals surface area contributed by atoms with Crippen molar-refractivity contribution >= 4 is 92.7 Å². The average molecular weight is 876 g/mol. The Morgan fingerprint density at radius 1 is 0.650 bits per heavy atom. The highest BCUT2D eigenvalue weighted by Crippen LogP contribution is 2.36. The largest absolute Gasteiger partial charge is 0.506 e. The van der Waals surface area contributed by atoms with E-state index in [4.69, 9.17) is 23.2 Å². The number of nitrogens with zero attached hydrogens (tertiary/aromatic N) is 1. The van der Waals surface area contributed by atoms with E-state index in [1.54, 1.807) is 54.0 Å². The number of Topliss-reactive ketones (excluding diaryl/α,β-unsaturated/α-hetero) is 1. The van der Waals surface area contributed by atoms with Crippen molar-refractivity contribution in [2.45, 2.75) is 52.9 Å². The number of carbonyl (C=O) groups excluding carboxylic acids is 3. The topological polar surface area (TPSA) is 141 Å². The number of anilines is 3. The van der Waals surface area contributed by atoms with E-state index in [-0.39, 0.29) is 45.2 Å². The van der Waals surface area contributed by atoms with Crippen LogP contribution in [-0.4, -0.2) is 33.2 Å². The molecule has 0 spiro atoms. The molecule has 5 N–H and O–H groups in total. The summed E-state index contributed by atoms with van der Waals surface area (Å²) in [5.74, 6) is -0.602. The lowest BCUT2D eigenvalue weighted by atomic mass is 10.1. The van der Waals surface area contributed by atoms with Gasteiger partial charge in [0.05, 0.1) is 21.1 Å². The Hall–Kier alpha value is -5.98. The van der Waals surface area contributed by atoms with Gasteiger partial charge in [-0.3, -0.25) is 14.6 Å². The summed E-state index contributed by atoms with van der Waals surface area (Å²) >= 11 is 15.5. The van der Waals surface area contributed by atoms with E-state index in [1.165, 1.54) is 13.8 Å². The van der Waals surface area contributed by atoms with Crippen molar-refractivity contribution in [2.75, 3.05) is 16.0 Å². The number of hydrogen-bond donors (Lipinski definition) is 5. The first-order valence-corrected chi connectivity index (χ1v) is 21.1. The second-order valence-corrected chi connectivity index (χ2v) is 16.5. The number of amides is 1. The molecule has 13 heteroatoms. The summed E-state index contributed by atoms with van der Waals surface area (Å²) in [4.78, 5) is 42.5. The summed E-state index contributed by atoms with van der Waals surface area (Å²) in [6.07, 6.45) is 2.67. The summed E-state index contributed by atoms with van der Waals surface area (Å²) in [6.45, 7) is 3.97. The van der Waals surface area contributed by atoms with Crippen molar-refractivity contribution in [2.24, 2.45) is 0 Å². The fraction of sp³-hybridized carbons (Fsp3) is 0.106. The molecule has 0 aliphatic rings. The molecular weight excluding hydrogens is 836 g/mol. The summed E-state index contributed by atoms with van der Waals surface area (Å²) in [7, 11) is 0. The number of pyridine rings is 1. The minimum Gasteiger partial charge on any atom is -0.506 e. The Kier molecular flexibility index (Phi) is 15.1. The molecule has 0 bridgehead atoms. The van der Waals surface area contributed by atoms with Gasteiger partial charge in [-0.2, -0.15) is 0 Å². The van der Waals surface area contributed by atoms with E-state index < -0.39 is 0 Å². The number of phenols is 2. The number of phenolic OH excluding ortho intramolecular Hbond substituents is 2. The van der Waals surface area contributed by atoms with E-state index in [1.807, 2.05) is 66.7 Å². The number of aldehydes is 1. The van der Waals surface area contributed by atoms with Crippen LogP contribution in [0, 0.1) is 0 Å². The van der Waals surface area contributed by atoms with E-state index in [0.29, 0.717) is 24.3 Å². The van der Waals surface area contributed by atoms with Gasteiger partial charge in [0.15, 0.2) is 5.78 Å². The molecule has 6 aromatic carbocycles. The third-order valence-corrected chi connectivity index (χ3v) is 11.8. The van der Waals surface area contributed by atoms with Gasteiger partial charge in [0, 0.05) is 80.2 Å². The van der Waals surface area contributed by atoms with Crippen molar-refractivity contribution in [1.82, 2.24) is 4.98 Å². The fourth-order valence-corrected chi connectivity index (χ4v) is 8.42. The summed E-state index contributed by atoms with van der Waals surface area (Å²) < 4.78 is 0. The molecule has 60 heavy (non-hydrogen) atoms. The molecule has 1 heterocycles. The zero-order chi connectivity index (χ0) is 42.6. The maximum absolute atomic E-state index is 11.7. The lowest BCUT2D eigenvalue weighted by Crippen LogP contribution is -2.05. The number of nitrogens with one attached hydrogen (secondary N) is 3. The van der Waals surface area contributed by atoms with Crippen molar-refractivity contribution < 1.29 is 24.6 Å². The summed E-state index contributed by atoms with van der Waals surface area (Å²) in [5.41, 5.74) is 6.03. The maximum Gasteiger partial charge on any atom is 0.221 e. The number of aromatic nitrogens is 1. The minimum absolute atomic E-state index is 0.0461. The van der Waals surface area contributed by atoms with Crippen LogP contribution in [0.15, 0.2) is 153 Å². The Labute approximate surface area is 366 Å². The SMILES string of the molecule is CC(=O)Nc1ccc(Sc2ccccc2CNc2cc(Cl)c(O)c(C(C)=O)c2)cc1.O=CCc1cc(NCc2ccccc2Sc2ccc3cccnc3c2)cc(Cl)c1O. The van der Waals surface area contributed by atoms with Gasteiger partial charge in [-0.25, -0.2) is 0 Å². The molecule has 0 aliphatic heterocycles. The second kappa shape index (κ2) is 20.8. The monoisotopic (exact) mass is 874 g/mol. The predicted octanol–water partition coefficient (Wildman–Crippen LogP) is 12.1. The van der Waals surface area contributed by atoms with Gasteiger partial charge in [0.2, 0.25) is 5.91 Å². The molecule has 0 saturated carbocycles. The van der Waals surface area contributed by atoms with E-state index in [0.717, 1.165) is 59.3 Å². The lowest BCUT2D eigenvalue weighted by Gasteiger charge is -2.13. The first-order chi connectivity index (χ1) is 29.0. The van der Waals surface area contributed by atoms with Crippen LogP contribution in [0.5, 0.6) is 11.5 Å². The van der Waals surface area contributed by atoms with Crippen molar-refractivity contribution in [3.63, 3.8) is 0 Å². The zero-order valence-corrected chi connectivity index (χ0v) is 35.7. The molecule has 0 unspecified atom stereocenters. The first-order valence-electron chi connectivity index (χ1n) is 18.7. The van der Waals surface area contributed by atoms with Crippen molar-refractivity contribution in [3.05, 3.63) is 166 Å². The average Bonchev–Trinajstić information content (AvgIpc) is 3.23. The van der Waals surface area contributed by atoms with Gasteiger partial charge >= 0.3 is 0 Å².